The van der Waals surface area contributed by atoms with Crippen LogP contribution in [0.1, 0.15) is 21.7 Å². The molecule has 1 aromatic carbocycles. The first-order valence-electron chi connectivity index (χ1n) is 8.96. The molecule has 2 aliphatic heterocycles. The van der Waals surface area contributed by atoms with Crippen LogP contribution in [0.4, 0.5) is 5.13 Å². The number of thiazole rings is 1. The molecule has 4 heterocycles. The highest BCUT2D eigenvalue weighted by Crippen LogP contribution is 2.29. The monoisotopic (exact) mass is 368 g/mol. The number of aromatic amines is 1. The van der Waals surface area contributed by atoms with Crippen LogP contribution < -0.4 is 10.2 Å². The molecular formula is C18H20N6OS. The molecule has 0 unspecified atom stereocenters. The molecule has 1 amide bonds. The summed E-state index contributed by atoms with van der Waals surface area (Å²) < 4.78 is 1.21. The number of hydrogen-bond donors (Lipinski definition) is 2. The maximum absolute atomic E-state index is 12.9. The van der Waals surface area contributed by atoms with Crippen molar-refractivity contribution in [1.82, 2.24) is 25.4 Å². The molecule has 5 rings (SSSR count). The lowest BCUT2D eigenvalue weighted by Crippen LogP contribution is -2.49. The van der Waals surface area contributed by atoms with E-state index in [1.807, 2.05) is 23.1 Å². The topological polar surface area (TPSA) is 77.2 Å². The van der Waals surface area contributed by atoms with Crippen LogP contribution in [0.3, 0.4) is 0 Å². The second-order valence-corrected chi connectivity index (χ2v) is 7.71. The Morgan fingerprint density at radius 3 is 2.85 bits per heavy atom. The van der Waals surface area contributed by atoms with E-state index in [4.69, 9.17) is 4.98 Å². The van der Waals surface area contributed by atoms with E-state index >= 15 is 0 Å². The number of fused-ring (bicyclic) bond motifs is 2. The van der Waals surface area contributed by atoms with Gasteiger partial charge in [0.1, 0.15) is 0 Å². The first-order valence-corrected chi connectivity index (χ1v) is 9.78. The number of rotatable bonds is 2. The van der Waals surface area contributed by atoms with Crippen molar-refractivity contribution in [3.05, 3.63) is 41.2 Å². The Bertz CT molecular complexity index is 923. The molecule has 0 spiro atoms. The van der Waals surface area contributed by atoms with Crippen molar-refractivity contribution in [2.75, 3.05) is 37.6 Å². The lowest BCUT2D eigenvalue weighted by atomic mass is 10.1. The molecule has 0 saturated carbocycles. The Hall–Kier alpha value is -2.45. The SMILES string of the molecule is O=C(c1n[nH]c2c1CNCC2)N1CCN(c2nc3ccccc3s2)CC1. The molecule has 0 aliphatic carbocycles. The first kappa shape index (κ1) is 15.8. The number of nitrogens with zero attached hydrogens (tertiary/aromatic N) is 4. The van der Waals surface area contributed by atoms with Gasteiger partial charge in [0.05, 0.1) is 10.2 Å². The van der Waals surface area contributed by atoms with Gasteiger partial charge in [0.15, 0.2) is 10.8 Å². The van der Waals surface area contributed by atoms with Crippen LogP contribution in [0, 0.1) is 0 Å². The number of carbonyl (C=O) groups is 1. The van der Waals surface area contributed by atoms with Gasteiger partial charge in [0.25, 0.3) is 5.91 Å². The highest BCUT2D eigenvalue weighted by atomic mass is 32.1. The van der Waals surface area contributed by atoms with Gasteiger partial charge < -0.3 is 15.1 Å². The third-order valence-electron chi connectivity index (χ3n) is 5.13. The van der Waals surface area contributed by atoms with Gasteiger partial charge in [-0.15, -0.1) is 0 Å². The number of amides is 1. The van der Waals surface area contributed by atoms with E-state index in [0.717, 1.165) is 54.5 Å². The fourth-order valence-corrected chi connectivity index (χ4v) is 4.67. The van der Waals surface area contributed by atoms with Crippen LogP contribution in [0.25, 0.3) is 10.2 Å². The number of anilines is 1. The smallest absolute Gasteiger partial charge is 0.274 e. The molecule has 2 N–H and O–H groups in total. The predicted octanol–water partition coefficient (Wildman–Crippen LogP) is 1.63. The molecule has 2 aliphatic rings. The first-order chi connectivity index (χ1) is 12.8. The van der Waals surface area contributed by atoms with Crippen LogP contribution in [-0.4, -0.2) is 58.7 Å². The van der Waals surface area contributed by atoms with Gasteiger partial charge in [0, 0.05) is 56.9 Å². The number of benzene rings is 1. The fraction of sp³-hybridized carbons (Fsp3) is 0.389. The zero-order valence-corrected chi connectivity index (χ0v) is 15.2. The average Bonchev–Trinajstić information content (AvgIpc) is 3.32. The van der Waals surface area contributed by atoms with Crippen molar-refractivity contribution < 1.29 is 4.79 Å². The average molecular weight is 368 g/mol. The van der Waals surface area contributed by atoms with Gasteiger partial charge in [-0.2, -0.15) is 5.10 Å². The van der Waals surface area contributed by atoms with Crippen molar-refractivity contribution in [1.29, 1.82) is 0 Å². The summed E-state index contributed by atoms with van der Waals surface area (Å²) in [6, 6.07) is 8.21. The van der Waals surface area contributed by atoms with E-state index in [-0.39, 0.29) is 5.91 Å². The van der Waals surface area contributed by atoms with Crippen LogP contribution in [0.5, 0.6) is 0 Å². The standard InChI is InChI=1S/C18H20N6OS/c25-17(16-12-11-19-6-5-13(12)21-22-16)23-7-9-24(10-8-23)18-20-14-3-1-2-4-15(14)26-18/h1-4,19H,5-11H2,(H,21,22). The molecule has 2 aromatic heterocycles. The maximum atomic E-state index is 12.9. The van der Waals surface area contributed by atoms with Crippen LogP contribution >= 0.6 is 11.3 Å². The number of piperazine rings is 1. The van der Waals surface area contributed by atoms with Crippen LogP contribution in [0.15, 0.2) is 24.3 Å². The number of nitrogens with one attached hydrogen (secondary N) is 2. The Morgan fingerprint density at radius 1 is 1.15 bits per heavy atom. The van der Waals surface area contributed by atoms with Gasteiger partial charge in [0.2, 0.25) is 0 Å². The third kappa shape index (κ3) is 2.65. The maximum Gasteiger partial charge on any atom is 0.274 e. The number of hydrogen-bond acceptors (Lipinski definition) is 6. The van der Waals surface area contributed by atoms with Crippen LogP contribution in [0.2, 0.25) is 0 Å². The summed E-state index contributed by atoms with van der Waals surface area (Å²) in [5, 5.41) is 11.7. The number of carbonyl (C=O) groups excluding carboxylic acids is 1. The molecule has 26 heavy (non-hydrogen) atoms. The van der Waals surface area contributed by atoms with Crippen molar-refractivity contribution in [2.24, 2.45) is 0 Å². The van der Waals surface area contributed by atoms with Crippen LogP contribution in [-0.2, 0) is 13.0 Å². The number of aromatic nitrogens is 3. The molecule has 0 radical (unpaired) electrons. The van der Waals surface area contributed by atoms with Crippen molar-refractivity contribution in [3.8, 4) is 0 Å². The van der Waals surface area contributed by atoms with Crippen molar-refractivity contribution in [3.63, 3.8) is 0 Å². The minimum absolute atomic E-state index is 0.0372. The molecular weight excluding hydrogens is 348 g/mol. The van der Waals surface area contributed by atoms with Crippen molar-refractivity contribution in [2.45, 2.75) is 13.0 Å². The Labute approximate surface area is 155 Å². The van der Waals surface area contributed by atoms with Gasteiger partial charge in [-0.3, -0.25) is 9.89 Å². The predicted molar refractivity (Wildman–Crippen MR) is 102 cm³/mol. The summed E-state index contributed by atoms with van der Waals surface area (Å²) >= 11 is 1.72. The molecule has 1 fully saturated rings. The Balaban J connectivity index is 1.29. The summed E-state index contributed by atoms with van der Waals surface area (Å²) in [6.45, 7) is 4.66. The molecule has 134 valence electrons. The minimum atomic E-state index is 0.0372. The quantitative estimate of drug-likeness (QED) is 0.719. The second kappa shape index (κ2) is 6.37. The summed E-state index contributed by atoms with van der Waals surface area (Å²) in [5.74, 6) is 0.0372. The summed E-state index contributed by atoms with van der Waals surface area (Å²) in [5.41, 5.74) is 3.76. The molecule has 8 heteroatoms. The van der Waals surface area contributed by atoms with E-state index in [9.17, 15) is 4.79 Å². The largest absolute Gasteiger partial charge is 0.345 e. The highest BCUT2D eigenvalue weighted by molar-refractivity contribution is 7.22. The zero-order chi connectivity index (χ0) is 17.5. The van der Waals surface area contributed by atoms with E-state index in [0.29, 0.717) is 18.8 Å². The van der Waals surface area contributed by atoms with E-state index in [2.05, 4.69) is 26.5 Å². The molecule has 1 saturated heterocycles. The summed E-state index contributed by atoms with van der Waals surface area (Å²) in [4.78, 5) is 21.8. The van der Waals surface area contributed by atoms with Gasteiger partial charge in [-0.1, -0.05) is 23.5 Å². The zero-order valence-electron chi connectivity index (χ0n) is 14.4. The van der Waals surface area contributed by atoms with Gasteiger partial charge in [-0.25, -0.2) is 4.98 Å². The van der Waals surface area contributed by atoms with E-state index < -0.39 is 0 Å². The third-order valence-corrected chi connectivity index (χ3v) is 6.23. The van der Waals surface area contributed by atoms with Gasteiger partial charge >= 0.3 is 0 Å². The minimum Gasteiger partial charge on any atom is -0.345 e. The van der Waals surface area contributed by atoms with E-state index in [1.54, 1.807) is 11.3 Å². The highest BCUT2D eigenvalue weighted by Gasteiger charge is 2.28. The lowest BCUT2D eigenvalue weighted by Gasteiger charge is -2.34. The van der Waals surface area contributed by atoms with Gasteiger partial charge in [-0.05, 0) is 12.1 Å². The second-order valence-electron chi connectivity index (χ2n) is 6.70. The van der Waals surface area contributed by atoms with Crippen molar-refractivity contribution >= 4 is 32.6 Å². The molecule has 0 bridgehead atoms. The lowest BCUT2D eigenvalue weighted by molar-refractivity contribution is 0.0739. The Kier molecular flexibility index (Phi) is 3.86. The number of para-hydroxylation sites is 1. The molecule has 3 aromatic rings. The van der Waals surface area contributed by atoms with E-state index in [1.165, 1.54) is 4.70 Å². The summed E-state index contributed by atoms with van der Waals surface area (Å²) in [6.07, 6.45) is 0.904. The fourth-order valence-electron chi connectivity index (χ4n) is 3.65. The normalized spacial score (nSPS) is 17.5. The molecule has 7 nitrogen and oxygen atoms in total. The Morgan fingerprint density at radius 2 is 2.00 bits per heavy atom. The molecule has 0 atom stereocenters. The number of H-pyrrole nitrogens is 1. The summed E-state index contributed by atoms with van der Waals surface area (Å²) in [7, 11) is 0.